The number of nitrogens with one attached hydrogen (secondary N) is 2. The number of aliphatic imine (C=N–C) groups is 1. The maximum atomic E-state index is 5.07. The number of rotatable bonds is 10. The van der Waals surface area contributed by atoms with Gasteiger partial charge in [-0.15, -0.1) is 24.0 Å². The Morgan fingerprint density at radius 2 is 1.88 bits per heavy atom. The van der Waals surface area contributed by atoms with Gasteiger partial charge < -0.3 is 20.3 Å². The van der Waals surface area contributed by atoms with Crippen molar-refractivity contribution in [2.45, 2.75) is 26.3 Å². The lowest BCUT2D eigenvalue weighted by Gasteiger charge is -2.18. The van der Waals surface area contributed by atoms with Gasteiger partial charge in [-0.05, 0) is 31.0 Å². The first-order chi connectivity index (χ1) is 11.2. The monoisotopic (exact) mass is 448 g/mol. The highest BCUT2D eigenvalue weighted by molar-refractivity contribution is 14.0. The van der Waals surface area contributed by atoms with E-state index in [-0.39, 0.29) is 24.0 Å². The Labute approximate surface area is 164 Å². The lowest BCUT2D eigenvalue weighted by Crippen LogP contribution is -2.40. The van der Waals surface area contributed by atoms with E-state index in [2.05, 4.69) is 58.8 Å². The molecule has 0 radical (unpaired) electrons. The fourth-order valence-corrected chi connectivity index (χ4v) is 2.43. The second-order valence-electron chi connectivity index (χ2n) is 5.62. The number of hydrogen-bond acceptors (Lipinski definition) is 3. The molecule has 138 valence electrons. The standard InChI is InChI=1S/C18H32N4O.HI/c1-5-16-9-6-7-10-17(16)15-21-18(19-2)20-11-13-22(3)12-8-14-23-4;/h6-7,9-10H,5,8,11-15H2,1-4H3,(H2,19,20,21);1H. The first-order valence-electron chi connectivity index (χ1n) is 8.40. The molecule has 0 aliphatic heterocycles. The van der Waals surface area contributed by atoms with Crippen molar-refractivity contribution in [3.63, 3.8) is 0 Å². The Bertz CT molecular complexity index is 468. The second-order valence-corrected chi connectivity index (χ2v) is 5.62. The number of methoxy groups -OCH3 is 1. The Balaban J connectivity index is 0.00000529. The zero-order valence-electron chi connectivity index (χ0n) is 15.5. The summed E-state index contributed by atoms with van der Waals surface area (Å²) < 4.78 is 5.07. The summed E-state index contributed by atoms with van der Waals surface area (Å²) >= 11 is 0. The molecule has 0 heterocycles. The topological polar surface area (TPSA) is 48.9 Å². The molecule has 0 saturated carbocycles. The average Bonchev–Trinajstić information content (AvgIpc) is 2.58. The molecule has 0 bridgehead atoms. The third-order valence-electron chi connectivity index (χ3n) is 3.84. The Hall–Kier alpha value is -0.860. The van der Waals surface area contributed by atoms with E-state index in [0.717, 1.165) is 51.6 Å². The minimum Gasteiger partial charge on any atom is -0.385 e. The van der Waals surface area contributed by atoms with Crippen molar-refractivity contribution in [1.29, 1.82) is 0 Å². The molecule has 0 aliphatic carbocycles. The maximum absolute atomic E-state index is 5.07. The van der Waals surface area contributed by atoms with Gasteiger partial charge in [-0.3, -0.25) is 4.99 Å². The lowest BCUT2D eigenvalue weighted by atomic mass is 10.1. The first kappa shape index (κ1) is 23.1. The summed E-state index contributed by atoms with van der Waals surface area (Å²) in [6.07, 6.45) is 2.12. The van der Waals surface area contributed by atoms with E-state index in [9.17, 15) is 0 Å². The van der Waals surface area contributed by atoms with Crippen LogP contribution < -0.4 is 10.6 Å². The minimum atomic E-state index is 0. The molecule has 0 amide bonds. The molecule has 1 rings (SSSR count). The van der Waals surface area contributed by atoms with E-state index in [1.807, 2.05) is 7.05 Å². The number of halogens is 1. The third kappa shape index (κ3) is 9.44. The number of likely N-dealkylation sites (N-methyl/N-ethyl adjacent to an activating group) is 1. The number of aryl methyl sites for hydroxylation is 1. The summed E-state index contributed by atoms with van der Waals surface area (Å²) in [4.78, 5) is 6.58. The fourth-order valence-electron chi connectivity index (χ4n) is 2.43. The molecular weight excluding hydrogens is 415 g/mol. The van der Waals surface area contributed by atoms with E-state index in [4.69, 9.17) is 4.74 Å². The second kappa shape index (κ2) is 14.5. The molecule has 1 aromatic rings. The van der Waals surface area contributed by atoms with Crippen LogP contribution in [0.3, 0.4) is 0 Å². The van der Waals surface area contributed by atoms with Crippen LogP contribution in [-0.4, -0.2) is 58.3 Å². The van der Waals surface area contributed by atoms with Crippen molar-refractivity contribution < 1.29 is 4.74 Å². The van der Waals surface area contributed by atoms with Gasteiger partial charge >= 0.3 is 0 Å². The van der Waals surface area contributed by atoms with Gasteiger partial charge in [-0.2, -0.15) is 0 Å². The smallest absolute Gasteiger partial charge is 0.191 e. The zero-order valence-corrected chi connectivity index (χ0v) is 17.8. The average molecular weight is 448 g/mol. The van der Waals surface area contributed by atoms with Crippen molar-refractivity contribution in [3.05, 3.63) is 35.4 Å². The highest BCUT2D eigenvalue weighted by Gasteiger charge is 2.03. The van der Waals surface area contributed by atoms with Crippen molar-refractivity contribution in [2.24, 2.45) is 4.99 Å². The quantitative estimate of drug-likeness (QED) is 0.250. The van der Waals surface area contributed by atoms with Gasteiger partial charge in [0.2, 0.25) is 0 Å². The fraction of sp³-hybridized carbons (Fsp3) is 0.611. The Kier molecular flexibility index (Phi) is 14.0. The highest BCUT2D eigenvalue weighted by atomic mass is 127. The van der Waals surface area contributed by atoms with Gasteiger partial charge in [0, 0.05) is 46.9 Å². The molecule has 0 atom stereocenters. The van der Waals surface area contributed by atoms with E-state index < -0.39 is 0 Å². The van der Waals surface area contributed by atoms with Crippen molar-refractivity contribution in [2.75, 3.05) is 47.4 Å². The van der Waals surface area contributed by atoms with Crippen LogP contribution in [0.4, 0.5) is 0 Å². The molecule has 0 unspecified atom stereocenters. The number of guanidine groups is 1. The van der Waals surface area contributed by atoms with E-state index in [1.165, 1.54) is 11.1 Å². The van der Waals surface area contributed by atoms with E-state index in [1.54, 1.807) is 7.11 Å². The molecule has 1 aromatic carbocycles. The van der Waals surface area contributed by atoms with Crippen LogP contribution in [0.2, 0.25) is 0 Å². The normalized spacial score (nSPS) is 11.3. The van der Waals surface area contributed by atoms with Crippen LogP contribution >= 0.6 is 24.0 Å². The predicted octanol–water partition coefficient (Wildman–Crippen LogP) is 2.50. The van der Waals surface area contributed by atoms with Crippen molar-refractivity contribution in [3.8, 4) is 0 Å². The maximum Gasteiger partial charge on any atom is 0.191 e. The Morgan fingerprint density at radius 3 is 2.50 bits per heavy atom. The highest BCUT2D eigenvalue weighted by Crippen LogP contribution is 2.08. The van der Waals surface area contributed by atoms with Crippen LogP contribution in [0.5, 0.6) is 0 Å². The van der Waals surface area contributed by atoms with Gasteiger partial charge in [0.1, 0.15) is 0 Å². The first-order valence-corrected chi connectivity index (χ1v) is 8.40. The Morgan fingerprint density at radius 1 is 1.17 bits per heavy atom. The predicted molar refractivity (Wildman–Crippen MR) is 113 cm³/mol. The number of hydrogen-bond donors (Lipinski definition) is 2. The van der Waals surface area contributed by atoms with Crippen LogP contribution in [-0.2, 0) is 17.7 Å². The van der Waals surface area contributed by atoms with E-state index in [0.29, 0.717) is 0 Å². The summed E-state index contributed by atoms with van der Waals surface area (Å²) in [5.41, 5.74) is 2.71. The van der Waals surface area contributed by atoms with Crippen molar-refractivity contribution in [1.82, 2.24) is 15.5 Å². The van der Waals surface area contributed by atoms with Gasteiger partial charge in [-0.25, -0.2) is 0 Å². The number of ether oxygens (including phenoxy) is 1. The molecule has 0 saturated heterocycles. The molecule has 2 N–H and O–H groups in total. The SMILES string of the molecule is CCc1ccccc1CNC(=NC)NCCN(C)CCCOC.I. The molecule has 0 spiro atoms. The number of benzene rings is 1. The van der Waals surface area contributed by atoms with Crippen molar-refractivity contribution >= 4 is 29.9 Å². The molecule has 0 fully saturated rings. The number of nitrogens with zero attached hydrogens (tertiary/aromatic N) is 2. The summed E-state index contributed by atoms with van der Waals surface area (Å²) in [6, 6.07) is 8.53. The van der Waals surface area contributed by atoms with Gasteiger partial charge in [0.25, 0.3) is 0 Å². The van der Waals surface area contributed by atoms with Crippen LogP contribution in [0, 0.1) is 0 Å². The molecular formula is C18H33IN4O. The summed E-state index contributed by atoms with van der Waals surface area (Å²) in [5.74, 6) is 0.848. The summed E-state index contributed by atoms with van der Waals surface area (Å²) in [6.45, 7) is 6.70. The summed E-state index contributed by atoms with van der Waals surface area (Å²) in [5, 5.41) is 6.75. The summed E-state index contributed by atoms with van der Waals surface area (Å²) in [7, 11) is 5.68. The van der Waals surface area contributed by atoms with Crippen LogP contribution in [0.1, 0.15) is 24.5 Å². The van der Waals surface area contributed by atoms with Gasteiger partial charge in [-0.1, -0.05) is 31.2 Å². The van der Waals surface area contributed by atoms with Crippen LogP contribution in [0.25, 0.3) is 0 Å². The van der Waals surface area contributed by atoms with Crippen LogP contribution in [0.15, 0.2) is 29.3 Å². The lowest BCUT2D eigenvalue weighted by molar-refractivity contribution is 0.180. The largest absolute Gasteiger partial charge is 0.385 e. The molecule has 24 heavy (non-hydrogen) atoms. The minimum absolute atomic E-state index is 0. The third-order valence-corrected chi connectivity index (χ3v) is 3.84. The molecule has 5 nitrogen and oxygen atoms in total. The van der Waals surface area contributed by atoms with Gasteiger partial charge in [0.05, 0.1) is 0 Å². The molecule has 0 aromatic heterocycles. The van der Waals surface area contributed by atoms with E-state index >= 15 is 0 Å². The van der Waals surface area contributed by atoms with Gasteiger partial charge in [0.15, 0.2) is 5.96 Å². The molecule has 0 aliphatic rings. The zero-order chi connectivity index (χ0) is 16.9. The molecule has 6 heteroatoms.